The van der Waals surface area contributed by atoms with Gasteiger partial charge in [-0.25, -0.2) is 0 Å². The van der Waals surface area contributed by atoms with Crippen molar-refractivity contribution in [2.24, 2.45) is 7.05 Å². The van der Waals surface area contributed by atoms with E-state index in [4.69, 9.17) is 4.74 Å². The number of likely N-dealkylation sites (N-methyl/N-ethyl adjacent to an activating group) is 1. The van der Waals surface area contributed by atoms with Crippen molar-refractivity contribution < 1.29 is 14.3 Å². The molecule has 5 rings (SSSR count). The van der Waals surface area contributed by atoms with E-state index in [2.05, 4.69) is 22.9 Å². The number of aryl methyl sites for hydroxylation is 1. The van der Waals surface area contributed by atoms with Gasteiger partial charge in [0.05, 0.1) is 18.6 Å². The van der Waals surface area contributed by atoms with Crippen molar-refractivity contribution in [2.45, 2.75) is 18.5 Å². The molecule has 1 aliphatic rings. The lowest BCUT2D eigenvalue weighted by Gasteiger charge is -2.42. The molecule has 0 unspecified atom stereocenters. The largest absolute Gasteiger partial charge is 0.383 e. The van der Waals surface area contributed by atoms with E-state index in [9.17, 15) is 9.59 Å². The van der Waals surface area contributed by atoms with Crippen molar-refractivity contribution >= 4 is 22.7 Å². The molecular weight excluding hydrogens is 450 g/mol. The Morgan fingerprint density at radius 1 is 0.944 bits per heavy atom. The Bertz CT molecular complexity index is 1400. The topological polar surface area (TPSA) is 54.8 Å². The second-order valence-electron chi connectivity index (χ2n) is 9.39. The minimum Gasteiger partial charge on any atom is -0.383 e. The zero-order chi connectivity index (χ0) is 25.2. The molecule has 4 aromatic rings. The highest BCUT2D eigenvalue weighted by Gasteiger charge is 2.45. The number of fused-ring (bicyclic) bond motifs is 2. The van der Waals surface area contributed by atoms with Crippen LogP contribution in [0.1, 0.15) is 39.0 Å². The van der Waals surface area contributed by atoms with E-state index < -0.39 is 12.0 Å². The fourth-order valence-electron chi connectivity index (χ4n) is 5.42. The lowest BCUT2D eigenvalue weighted by Crippen LogP contribution is -2.48. The number of methoxy groups -OCH3 is 1. The first-order valence-corrected chi connectivity index (χ1v) is 12.2. The van der Waals surface area contributed by atoms with Gasteiger partial charge in [0.1, 0.15) is 0 Å². The van der Waals surface area contributed by atoms with Gasteiger partial charge in [0.2, 0.25) is 5.91 Å². The smallest absolute Gasteiger partial charge is 0.254 e. The number of carbonyl (C=O) groups excluding carboxylic acids is 2. The molecule has 0 radical (unpaired) electrons. The van der Waals surface area contributed by atoms with Gasteiger partial charge in [0.15, 0.2) is 0 Å². The number of para-hydroxylation sites is 1. The number of aromatic nitrogens is 1. The van der Waals surface area contributed by atoms with Crippen LogP contribution in [-0.4, -0.2) is 53.5 Å². The van der Waals surface area contributed by atoms with Crippen molar-refractivity contribution in [3.63, 3.8) is 0 Å². The van der Waals surface area contributed by atoms with Crippen LogP contribution in [-0.2, 0) is 23.1 Å². The summed E-state index contributed by atoms with van der Waals surface area (Å²) in [6.07, 6.45) is 2.06. The number of benzene rings is 3. The predicted molar refractivity (Wildman–Crippen MR) is 141 cm³/mol. The SMILES string of the molecule is COCCN1C(=O)c2ccccc2[C@H](C(=O)N(C)Cc2ccccc2)[C@@H]1c1cn(C)c2ccccc12. The molecular formula is C30H31N3O3. The lowest BCUT2D eigenvalue weighted by atomic mass is 9.78. The van der Waals surface area contributed by atoms with Crippen LogP contribution in [0.5, 0.6) is 0 Å². The Labute approximate surface area is 211 Å². The molecule has 1 aromatic heterocycles. The highest BCUT2D eigenvalue weighted by molar-refractivity contribution is 6.02. The number of carbonyl (C=O) groups is 2. The number of hydrogen-bond donors (Lipinski definition) is 0. The van der Waals surface area contributed by atoms with E-state index in [0.29, 0.717) is 25.3 Å². The summed E-state index contributed by atoms with van der Waals surface area (Å²) >= 11 is 0. The standard InChI is InChI=1S/C30H31N3O3/c1-31-20-25(22-13-9-10-16-26(22)31)28-27(30(35)32(2)19-21-11-5-4-6-12-21)23-14-7-8-15-24(23)29(34)33(28)17-18-36-3/h4-16,20,27-28H,17-19H2,1-3H3/t27-,28-/m0/s1. The molecule has 2 amide bonds. The third-order valence-electron chi connectivity index (χ3n) is 7.13. The maximum absolute atomic E-state index is 14.3. The number of rotatable bonds is 7. The summed E-state index contributed by atoms with van der Waals surface area (Å²) in [6, 6.07) is 25.2. The van der Waals surface area contributed by atoms with Gasteiger partial charge in [-0.3, -0.25) is 9.59 Å². The Morgan fingerprint density at radius 2 is 1.64 bits per heavy atom. The van der Waals surface area contributed by atoms with Gasteiger partial charge in [-0.15, -0.1) is 0 Å². The monoisotopic (exact) mass is 481 g/mol. The Kier molecular flexibility index (Phi) is 6.61. The van der Waals surface area contributed by atoms with Crippen LogP contribution in [0.3, 0.4) is 0 Å². The summed E-state index contributed by atoms with van der Waals surface area (Å²) in [5, 5.41) is 1.04. The molecule has 36 heavy (non-hydrogen) atoms. The Balaban J connectivity index is 1.67. The minimum absolute atomic E-state index is 0.0147. The summed E-state index contributed by atoms with van der Waals surface area (Å²) in [5.41, 5.74) is 4.45. The van der Waals surface area contributed by atoms with Crippen LogP contribution in [0.2, 0.25) is 0 Å². The fraction of sp³-hybridized carbons (Fsp3) is 0.267. The number of amides is 2. The van der Waals surface area contributed by atoms with E-state index in [1.165, 1.54) is 0 Å². The zero-order valence-corrected chi connectivity index (χ0v) is 20.9. The quantitative estimate of drug-likeness (QED) is 0.382. The highest BCUT2D eigenvalue weighted by atomic mass is 16.5. The summed E-state index contributed by atoms with van der Waals surface area (Å²) in [4.78, 5) is 31.7. The molecule has 3 aromatic carbocycles. The van der Waals surface area contributed by atoms with Gasteiger partial charge in [0.25, 0.3) is 5.91 Å². The van der Waals surface area contributed by atoms with E-state index >= 15 is 0 Å². The molecule has 0 spiro atoms. The third-order valence-corrected chi connectivity index (χ3v) is 7.13. The normalized spacial score (nSPS) is 17.3. The summed E-state index contributed by atoms with van der Waals surface area (Å²) in [6.45, 7) is 1.27. The van der Waals surface area contributed by atoms with Crippen LogP contribution in [0.15, 0.2) is 85.1 Å². The maximum Gasteiger partial charge on any atom is 0.254 e. The van der Waals surface area contributed by atoms with Gasteiger partial charge < -0.3 is 19.1 Å². The summed E-state index contributed by atoms with van der Waals surface area (Å²) in [7, 11) is 5.47. The van der Waals surface area contributed by atoms with E-state index in [-0.39, 0.29) is 11.8 Å². The van der Waals surface area contributed by atoms with Crippen molar-refractivity contribution in [3.05, 3.63) is 107 Å². The molecule has 1 aliphatic heterocycles. The number of ether oxygens (including phenoxy) is 1. The van der Waals surface area contributed by atoms with Crippen LogP contribution in [0.4, 0.5) is 0 Å². The first-order chi connectivity index (χ1) is 17.5. The molecule has 0 bridgehead atoms. The molecule has 0 aliphatic carbocycles. The average molecular weight is 482 g/mol. The zero-order valence-electron chi connectivity index (χ0n) is 20.9. The van der Waals surface area contributed by atoms with Gasteiger partial charge in [-0.05, 0) is 23.3 Å². The first-order valence-electron chi connectivity index (χ1n) is 12.2. The van der Waals surface area contributed by atoms with Crippen molar-refractivity contribution in [3.8, 4) is 0 Å². The Morgan fingerprint density at radius 3 is 2.42 bits per heavy atom. The molecule has 0 saturated carbocycles. The van der Waals surface area contributed by atoms with Crippen molar-refractivity contribution in [2.75, 3.05) is 27.3 Å². The summed E-state index contributed by atoms with van der Waals surface area (Å²) in [5.74, 6) is -0.634. The molecule has 6 nitrogen and oxygen atoms in total. The first kappa shape index (κ1) is 23.8. The fourth-order valence-corrected chi connectivity index (χ4v) is 5.42. The molecule has 184 valence electrons. The van der Waals surface area contributed by atoms with Crippen LogP contribution in [0.25, 0.3) is 10.9 Å². The van der Waals surface area contributed by atoms with Gasteiger partial charge >= 0.3 is 0 Å². The molecule has 0 fully saturated rings. The predicted octanol–water partition coefficient (Wildman–Crippen LogP) is 4.76. The second kappa shape index (κ2) is 9.99. The van der Waals surface area contributed by atoms with Gasteiger partial charge in [0, 0.05) is 62.5 Å². The Hall–Kier alpha value is -3.90. The molecule has 6 heteroatoms. The average Bonchev–Trinajstić information content (AvgIpc) is 3.24. The number of nitrogens with zero attached hydrogens (tertiary/aromatic N) is 3. The van der Waals surface area contributed by atoms with Crippen LogP contribution < -0.4 is 0 Å². The van der Waals surface area contributed by atoms with Crippen LogP contribution >= 0.6 is 0 Å². The van der Waals surface area contributed by atoms with Crippen molar-refractivity contribution in [1.82, 2.24) is 14.4 Å². The number of hydrogen-bond acceptors (Lipinski definition) is 3. The minimum atomic E-state index is -0.546. The maximum atomic E-state index is 14.3. The van der Waals surface area contributed by atoms with Crippen LogP contribution in [0, 0.1) is 0 Å². The van der Waals surface area contributed by atoms with Crippen molar-refractivity contribution in [1.29, 1.82) is 0 Å². The van der Waals surface area contributed by atoms with Gasteiger partial charge in [-0.2, -0.15) is 0 Å². The summed E-state index contributed by atoms with van der Waals surface area (Å²) < 4.78 is 7.45. The van der Waals surface area contributed by atoms with Gasteiger partial charge in [-0.1, -0.05) is 66.7 Å². The molecule has 2 heterocycles. The molecule has 0 saturated heterocycles. The van der Waals surface area contributed by atoms with E-state index in [1.807, 2.05) is 85.7 Å². The lowest BCUT2D eigenvalue weighted by molar-refractivity contribution is -0.134. The second-order valence-corrected chi connectivity index (χ2v) is 9.39. The highest BCUT2D eigenvalue weighted by Crippen LogP contribution is 2.45. The molecule has 2 atom stereocenters. The van der Waals surface area contributed by atoms with E-state index in [0.717, 1.165) is 27.6 Å². The molecule has 0 N–H and O–H groups in total. The van der Waals surface area contributed by atoms with E-state index in [1.54, 1.807) is 12.0 Å². The third kappa shape index (κ3) is 4.18.